The number of thioether (sulfide) groups is 1. The fourth-order valence-corrected chi connectivity index (χ4v) is 3.94. The van der Waals surface area contributed by atoms with Gasteiger partial charge >= 0.3 is 0 Å². The molecule has 0 fully saturated rings. The average Bonchev–Trinajstić information content (AvgIpc) is 3.31. The molecule has 0 radical (unpaired) electrons. The van der Waals surface area contributed by atoms with Crippen molar-refractivity contribution >= 4 is 17.7 Å². The molecule has 138 valence electrons. The molecule has 1 aliphatic carbocycles. The number of nitrogens with one attached hydrogen (secondary N) is 1. The molecule has 1 aliphatic rings. The molecule has 5 nitrogen and oxygen atoms in total. The van der Waals surface area contributed by atoms with Crippen LogP contribution in [-0.2, 0) is 0 Å². The number of rotatable bonds is 6. The second-order valence-corrected chi connectivity index (χ2v) is 7.53. The van der Waals surface area contributed by atoms with Crippen LogP contribution in [0.25, 0.3) is 11.1 Å². The predicted octanol–water partition coefficient (Wildman–Crippen LogP) is 3.93. The molecule has 0 spiro atoms. The maximum absolute atomic E-state index is 12.8. The van der Waals surface area contributed by atoms with Crippen LogP contribution in [0.1, 0.15) is 46.0 Å². The van der Waals surface area contributed by atoms with Gasteiger partial charge in [0.25, 0.3) is 5.91 Å². The molecule has 1 aromatic heterocycles. The van der Waals surface area contributed by atoms with Crippen LogP contribution in [0.4, 0.5) is 0 Å². The number of nitrogens with two attached hydrogens (primary N) is 1. The van der Waals surface area contributed by atoms with E-state index in [9.17, 15) is 4.79 Å². The lowest BCUT2D eigenvalue weighted by Gasteiger charge is -2.15. The summed E-state index contributed by atoms with van der Waals surface area (Å²) >= 11 is 1.72. The summed E-state index contributed by atoms with van der Waals surface area (Å²) in [6.45, 7) is 0. The first-order valence-corrected chi connectivity index (χ1v) is 10.3. The molecule has 6 heteroatoms. The summed E-state index contributed by atoms with van der Waals surface area (Å²) in [6, 6.07) is 15.8. The van der Waals surface area contributed by atoms with E-state index in [-0.39, 0.29) is 23.7 Å². The summed E-state index contributed by atoms with van der Waals surface area (Å²) in [4.78, 5) is 17.1. The van der Waals surface area contributed by atoms with Crippen molar-refractivity contribution in [3.63, 3.8) is 0 Å². The first-order valence-electron chi connectivity index (χ1n) is 8.88. The molecule has 3 N–H and O–H groups in total. The number of nitrogens with zero attached hydrogens (tertiary/aromatic N) is 1. The fourth-order valence-electron chi connectivity index (χ4n) is 3.45. The Bertz CT molecular complexity index is 924. The molecule has 1 unspecified atom stereocenters. The first-order chi connectivity index (χ1) is 13.2. The van der Waals surface area contributed by atoms with Crippen molar-refractivity contribution in [1.82, 2.24) is 10.3 Å². The van der Waals surface area contributed by atoms with Crippen molar-refractivity contribution in [3.05, 3.63) is 77.5 Å². The number of hydrogen-bond acceptors (Lipinski definition) is 5. The molecule has 1 amide bonds. The second kappa shape index (κ2) is 7.58. The Kier molecular flexibility index (Phi) is 5.01. The molecule has 0 saturated heterocycles. The van der Waals surface area contributed by atoms with E-state index in [0.29, 0.717) is 5.89 Å². The summed E-state index contributed by atoms with van der Waals surface area (Å²) in [5, 5.41) is 3.10. The summed E-state index contributed by atoms with van der Waals surface area (Å²) < 4.78 is 5.44. The zero-order valence-electron chi connectivity index (χ0n) is 15.0. The lowest BCUT2D eigenvalue weighted by atomic mass is 10.1. The highest BCUT2D eigenvalue weighted by atomic mass is 32.2. The van der Waals surface area contributed by atoms with Crippen molar-refractivity contribution in [3.8, 4) is 11.1 Å². The van der Waals surface area contributed by atoms with Crippen molar-refractivity contribution in [2.75, 3.05) is 12.0 Å². The van der Waals surface area contributed by atoms with E-state index in [1.54, 1.807) is 11.8 Å². The predicted molar refractivity (Wildman–Crippen MR) is 108 cm³/mol. The first kappa shape index (κ1) is 17.8. The van der Waals surface area contributed by atoms with Crippen molar-refractivity contribution in [1.29, 1.82) is 0 Å². The quantitative estimate of drug-likeness (QED) is 0.678. The van der Waals surface area contributed by atoms with Crippen LogP contribution in [0.15, 0.2) is 59.2 Å². The van der Waals surface area contributed by atoms with Crippen LogP contribution in [0.3, 0.4) is 0 Å². The van der Waals surface area contributed by atoms with Gasteiger partial charge in [0.1, 0.15) is 6.26 Å². The van der Waals surface area contributed by atoms with E-state index in [2.05, 4.69) is 22.4 Å². The van der Waals surface area contributed by atoms with Gasteiger partial charge in [-0.2, -0.15) is 11.8 Å². The van der Waals surface area contributed by atoms with Crippen LogP contribution >= 0.6 is 11.8 Å². The van der Waals surface area contributed by atoms with E-state index in [1.165, 1.54) is 6.26 Å². The zero-order chi connectivity index (χ0) is 18.8. The van der Waals surface area contributed by atoms with Gasteiger partial charge in [-0.3, -0.25) is 4.79 Å². The molecule has 4 rings (SSSR count). The van der Waals surface area contributed by atoms with Crippen molar-refractivity contribution < 1.29 is 9.21 Å². The van der Waals surface area contributed by atoms with Gasteiger partial charge in [-0.05, 0) is 40.7 Å². The number of carbonyl (C=O) groups is 1. The number of fused-ring (bicyclic) bond motifs is 3. The molecule has 0 saturated carbocycles. The van der Waals surface area contributed by atoms with Gasteiger partial charge in [-0.1, -0.05) is 48.5 Å². The highest BCUT2D eigenvalue weighted by Gasteiger charge is 2.30. The Morgan fingerprint density at radius 3 is 2.44 bits per heavy atom. The van der Waals surface area contributed by atoms with Gasteiger partial charge in [0.05, 0.1) is 12.1 Å². The maximum atomic E-state index is 12.8. The molecule has 0 aliphatic heterocycles. The summed E-state index contributed by atoms with van der Waals surface area (Å²) in [7, 11) is 0. The Labute approximate surface area is 162 Å². The molecular formula is C21H21N3O2S. The molecule has 1 heterocycles. The van der Waals surface area contributed by atoms with E-state index in [4.69, 9.17) is 10.2 Å². The molecule has 2 aromatic carbocycles. The van der Waals surface area contributed by atoms with E-state index < -0.39 is 0 Å². The standard InChI is InChI=1S/C21H21N3O2S/c1-27-11-10-17(22)21-23-18(12-26-21)20(25)24-19-15-8-4-2-6-13(15)14-7-3-5-9-16(14)19/h2-9,12,17,19H,10-11,22H2,1H3,(H,24,25). The summed E-state index contributed by atoms with van der Waals surface area (Å²) in [6.07, 6.45) is 4.17. The van der Waals surface area contributed by atoms with Crippen LogP contribution in [0.5, 0.6) is 0 Å². The van der Waals surface area contributed by atoms with Gasteiger partial charge in [-0.15, -0.1) is 0 Å². The Hall–Kier alpha value is -2.57. The van der Waals surface area contributed by atoms with Crippen molar-refractivity contribution in [2.45, 2.75) is 18.5 Å². The third-order valence-electron chi connectivity index (χ3n) is 4.81. The molecular weight excluding hydrogens is 358 g/mol. The summed E-state index contributed by atoms with van der Waals surface area (Å²) in [5.41, 5.74) is 10.8. The van der Waals surface area contributed by atoms with Gasteiger partial charge in [0.15, 0.2) is 5.69 Å². The van der Waals surface area contributed by atoms with Gasteiger partial charge in [-0.25, -0.2) is 4.98 Å². The van der Waals surface area contributed by atoms with Gasteiger partial charge < -0.3 is 15.5 Å². The SMILES string of the molecule is CSCCC(N)c1nc(C(=O)NC2c3ccccc3-c3ccccc32)co1. The normalized spacial score (nSPS) is 13.9. The summed E-state index contributed by atoms with van der Waals surface area (Å²) in [5.74, 6) is 1.06. The van der Waals surface area contributed by atoms with Crippen LogP contribution in [-0.4, -0.2) is 22.9 Å². The monoisotopic (exact) mass is 379 g/mol. The molecule has 1 atom stereocenters. The second-order valence-electron chi connectivity index (χ2n) is 6.54. The van der Waals surface area contributed by atoms with E-state index in [0.717, 1.165) is 34.4 Å². The van der Waals surface area contributed by atoms with Crippen LogP contribution in [0, 0.1) is 0 Å². The largest absolute Gasteiger partial charge is 0.446 e. The highest BCUT2D eigenvalue weighted by Crippen LogP contribution is 2.43. The number of amides is 1. The third kappa shape index (κ3) is 3.38. The number of carbonyl (C=O) groups excluding carboxylic acids is 1. The Balaban J connectivity index is 1.56. The lowest BCUT2D eigenvalue weighted by molar-refractivity contribution is 0.0938. The highest BCUT2D eigenvalue weighted by molar-refractivity contribution is 7.98. The third-order valence-corrected chi connectivity index (χ3v) is 5.46. The topological polar surface area (TPSA) is 81.1 Å². The Morgan fingerprint density at radius 2 is 1.81 bits per heavy atom. The number of hydrogen-bond donors (Lipinski definition) is 2. The minimum absolute atomic E-state index is 0.199. The maximum Gasteiger partial charge on any atom is 0.273 e. The smallest absolute Gasteiger partial charge is 0.273 e. The molecule has 0 bridgehead atoms. The van der Waals surface area contributed by atoms with Gasteiger partial charge in [0.2, 0.25) is 5.89 Å². The van der Waals surface area contributed by atoms with E-state index in [1.807, 2.05) is 42.7 Å². The number of oxazole rings is 1. The minimum Gasteiger partial charge on any atom is -0.446 e. The van der Waals surface area contributed by atoms with Crippen LogP contribution in [0.2, 0.25) is 0 Å². The number of aromatic nitrogens is 1. The lowest BCUT2D eigenvalue weighted by Crippen LogP contribution is -2.28. The van der Waals surface area contributed by atoms with Crippen LogP contribution < -0.4 is 11.1 Å². The zero-order valence-corrected chi connectivity index (χ0v) is 15.8. The molecule has 3 aromatic rings. The molecule has 27 heavy (non-hydrogen) atoms. The van der Waals surface area contributed by atoms with Crippen molar-refractivity contribution in [2.24, 2.45) is 5.73 Å². The number of benzene rings is 2. The van der Waals surface area contributed by atoms with E-state index >= 15 is 0 Å². The Morgan fingerprint density at radius 1 is 1.19 bits per heavy atom. The average molecular weight is 379 g/mol. The van der Waals surface area contributed by atoms with Gasteiger partial charge in [0, 0.05) is 0 Å². The minimum atomic E-state index is -0.299. The fraction of sp³-hybridized carbons (Fsp3) is 0.238.